The summed E-state index contributed by atoms with van der Waals surface area (Å²) >= 11 is 0. The number of rotatable bonds is 7. The Kier molecular flexibility index (Phi) is 8.71. The van der Waals surface area contributed by atoms with Crippen LogP contribution in [0.4, 0.5) is 0 Å². The van der Waals surface area contributed by atoms with Crippen LogP contribution in [0.15, 0.2) is 158 Å². The van der Waals surface area contributed by atoms with Gasteiger partial charge in [0.05, 0.1) is 0 Å². The van der Waals surface area contributed by atoms with Crippen molar-refractivity contribution in [3.8, 4) is 23.0 Å². The summed E-state index contributed by atoms with van der Waals surface area (Å²) in [6.07, 6.45) is 2.56. The number of benzene rings is 6. The molecule has 3 heterocycles. The first-order valence-electron chi connectivity index (χ1n) is 17.2. The van der Waals surface area contributed by atoms with Gasteiger partial charge in [0.25, 0.3) is 0 Å². The molecule has 0 spiro atoms. The maximum absolute atomic E-state index is 6.44. The second-order valence-electron chi connectivity index (χ2n) is 12.6. The van der Waals surface area contributed by atoms with Crippen molar-refractivity contribution in [2.75, 3.05) is 26.3 Å². The second-order valence-corrected chi connectivity index (χ2v) is 12.6. The van der Waals surface area contributed by atoms with E-state index >= 15 is 0 Å². The van der Waals surface area contributed by atoms with Gasteiger partial charge >= 0.3 is 0 Å². The molecule has 5 nitrogen and oxygen atoms in total. The van der Waals surface area contributed by atoms with Crippen molar-refractivity contribution >= 4 is 0 Å². The minimum Gasteiger partial charge on any atom is -0.457 e. The van der Waals surface area contributed by atoms with E-state index in [2.05, 4.69) is 144 Å². The van der Waals surface area contributed by atoms with E-state index in [9.17, 15) is 0 Å². The first-order chi connectivity index (χ1) is 24.3. The molecule has 9 rings (SSSR count). The number of hydrogen-bond acceptors (Lipinski definition) is 5. The highest BCUT2D eigenvalue weighted by Gasteiger charge is 2.45. The fraction of sp³-hybridized carbons (Fsp3) is 0.182. The van der Waals surface area contributed by atoms with Crippen LogP contribution in [0, 0.1) is 0 Å². The minimum absolute atomic E-state index is 0.597. The van der Waals surface area contributed by atoms with Crippen LogP contribution in [0.2, 0.25) is 0 Å². The Morgan fingerprint density at radius 2 is 0.694 bits per heavy atom. The molecule has 3 aliphatic rings. The Hall–Kier alpha value is -5.20. The van der Waals surface area contributed by atoms with Crippen LogP contribution >= 0.6 is 0 Å². The highest BCUT2D eigenvalue weighted by atomic mass is 16.5. The fourth-order valence-electron chi connectivity index (χ4n) is 7.58. The first kappa shape index (κ1) is 31.1. The van der Waals surface area contributed by atoms with Crippen LogP contribution in [0.3, 0.4) is 0 Å². The Bertz CT molecular complexity index is 1780. The molecule has 244 valence electrons. The van der Waals surface area contributed by atoms with E-state index in [0.29, 0.717) is 13.1 Å². The summed E-state index contributed by atoms with van der Waals surface area (Å²) in [7, 11) is 0. The molecule has 0 amide bonds. The zero-order valence-corrected chi connectivity index (χ0v) is 27.5. The summed E-state index contributed by atoms with van der Waals surface area (Å²) in [5.74, 6) is 3.46. The van der Waals surface area contributed by atoms with Crippen molar-refractivity contribution in [3.63, 3.8) is 0 Å². The van der Waals surface area contributed by atoms with E-state index in [1.54, 1.807) is 0 Å². The van der Waals surface area contributed by atoms with Crippen LogP contribution in [0.5, 0.6) is 23.0 Å². The molecule has 0 aliphatic carbocycles. The van der Waals surface area contributed by atoms with Gasteiger partial charge in [0, 0.05) is 48.6 Å². The van der Waals surface area contributed by atoms with Crippen molar-refractivity contribution in [1.82, 2.24) is 10.6 Å². The van der Waals surface area contributed by atoms with E-state index < -0.39 is 11.1 Å². The summed E-state index contributed by atoms with van der Waals surface area (Å²) in [5.41, 5.74) is 5.55. The maximum atomic E-state index is 6.44. The second kappa shape index (κ2) is 13.7. The van der Waals surface area contributed by atoms with Crippen LogP contribution < -0.4 is 20.1 Å². The molecule has 0 aromatic heterocycles. The average Bonchev–Trinajstić information content (AvgIpc) is 3.77. The van der Waals surface area contributed by atoms with Crippen molar-refractivity contribution < 1.29 is 14.2 Å². The van der Waals surface area contributed by atoms with E-state index in [4.69, 9.17) is 14.2 Å². The van der Waals surface area contributed by atoms with Gasteiger partial charge in [0.1, 0.15) is 34.1 Å². The largest absolute Gasteiger partial charge is 0.457 e. The van der Waals surface area contributed by atoms with Crippen molar-refractivity contribution in [3.05, 3.63) is 191 Å². The Morgan fingerprint density at radius 3 is 1.00 bits per heavy atom. The van der Waals surface area contributed by atoms with Gasteiger partial charge in [-0.3, -0.25) is 10.6 Å². The molecule has 2 N–H and O–H groups in total. The number of hydrogen-bond donors (Lipinski definition) is 2. The summed E-state index contributed by atoms with van der Waals surface area (Å²) in [6.45, 7) is 3.36. The molecule has 0 saturated carbocycles. The SMILES string of the molecule is C1CCOC1.c1ccc(C2(NCCNC3(c4ccccc4)c4ccccc4Oc4ccccc43)c3ccccc3Oc3ccccc32)cc1. The van der Waals surface area contributed by atoms with Gasteiger partial charge in [-0.25, -0.2) is 0 Å². The molecule has 0 bridgehead atoms. The molecule has 0 radical (unpaired) electrons. The topological polar surface area (TPSA) is 51.8 Å². The first-order valence-corrected chi connectivity index (χ1v) is 17.2. The van der Waals surface area contributed by atoms with Crippen LogP contribution in [-0.2, 0) is 15.8 Å². The van der Waals surface area contributed by atoms with Gasteiger partial charge < -0.3 is 14.2 Å². The van der Waals surface area contributed by atoms with E-state index in [1.165, 1.54) is 24.0 Å². The van der Waals surface area contributed by atoms with Gasteiger partial charge in [-0.15, -0.1) is 0 Å². The molecule has 1 fully saturated rings. The smallest absolute Gasteiger partial charge is 0.133 e. The van der Waals surface area contributed by atoms with Crippen LogP contribution in [0.25, 0.3) is 0 Å². The maximum Gasteiger partial charge on any atom is 0.133 e. The summed E-state index contributed by atoms with van der Waals surface area (Å²) in [5, 5.41) is 8.09. The van der Waals surface area contributed by atoms with E-state index in [-0.39, 0.29) is 0 Å². The third-order valence-electron chi connectivity index (χ3n) is 9.75. The zero-order valence-electron chi connectivity index (χ0n) is 27.5. The highest BCUT2D eigenvalue weighted by Crippen LogP contribution is 2.51. The predicted molar refractivity (Wildman–Crippen MR) is 195 cm³/mol. The molecule has 49 heavy (non-hydrogen) atoms. The lowest BCUT2D eigenvalue weighted by atomic mass is 9.74. The predicted octanol–water partition coefficient (Wildman–Crippen LogP) is 9.16. The summed E-state index contributed by atoms with van der Waals surface area (Å²) in [4.78, 5) is 0. The van der Waals surface area contributed by atoms with E-state index in [1.807, 2.05) is 24.3 Å². The number of ether oxygens (including phenoxy) is 3. The van der Waals surface area contributed by atoms with Gasteiger partial charge in [0.2, 0.25) is 0 Å². The Morgan fingerprint density at radius 1 is 0.388 bits per heavy atom. The molecular formula is C44H40N2O3. The van der Waals surface area contributed by atoms with E-state index in [0.717, 1.165) is 58.5 Å². The Balaban J connectivity index is 0.000000642. The lowest BCUT2D eigenvalue weighted by Gasteiger charge is -2.43. The van der Waals surface area contributed by atoms with Crippen LogP contribution in [-0.4, -0.2) is 26.3 Å². The molecule has 5 heteroatoms. The van der Waals surface area contributed by atoms with Crippen molar-refractivity contribution in [2.24, 2.45) is 0 Å². The van der Waals surface area contributed by atoms with Crippen molar-refractivity contribution in [2.45, 2.75) is 23.9 Å². The molecular weight excluding hydrogens is 604 g/mol. The third-order valence-corrected chi connectivity index (χ3v) is 9.75. The summed E-state index contributed by atoms with van der Waals surface area (Å²) in [6, 6.07) is 54.8. The molecule has 6 aromatic rings. The lowest BCUT2D eigenvalue weighted by molar-refractivity contribution is 0.198. The highest BCUT2D eigenvalue weighted by molar-refractivity contribution is 5.64. The molecule has 0 unspecified atom stereocenters. The zero-order chi connectivity index (χ0) is 32.9. The van der Waals surface area contributed by atoms with Crippen molar-refractivity contribution in [1.29, 1.82) is 0 Å². The number of para-hydroxylation sites is 4. The van der Waals surface area contributed by atoms with Crippen LogP contribution in [0.1, 0.15) is 46.2 Å². The molecule has 3 aliphatic heterocycles. The monoisotopic (exact) mass is 644 g/mol. The molecule has 0 atom stereocenters. The van der Waals surface area contributed by atoms with Gasteiger partial charge in [-0.05, 0) is 48.2 Å². The number of fused-ring (bicyclic) bond motifs is 4. The average molecular weight is 645 g/mol. The van der Waals surface area contributed by atoms with Gasteiger partial charge in [0.15, 0.2) is 0 Å². The van der Waals surface area contributed by atoms with Gasteiger partial charge in [-0.2, -0.15) is 0 Å². The standard InChI is InChI=1S/C40H32N2O2.C4H8O/c1-3-15-29(16-4-1)39(31-19-7-11-23-35(31)43-36-24-12-8-20-32(36)39)41-27-28-42-40(30-17-5-2-6-18-30)33-21-9-13-25-37(33)44-38-26-14-10-22-34(38)40;1-2-4-5-3-1/h1-26,41-42H,27-28H2;1-4H2. The fourth-order valence-corrected chi connectivity index (χ4v) is 7.58. The molecule has 6 aromatic carbocycles. The lowest BCUT2D eigenvalue weighted by Crippen LogP contribution is -2.52. The van der Waals surface area contributed by atoms with Gasteiger partial charge in [-0.1, -0.05) is 133 Å². The Labute approximate surface area is 288 Å². The quantitative estimate of drug-likeness (QED) is 0.170. The normalized spacial score (nSPS) is 15.9. The third kappa shape index (κ3) is 5.60. The number of nitrogens with one attached hydrogen (secondary N) is 2. The summed E-state index contributed by atoms with van der Waals surface area (Å²) < 4.78 is 17.8. The minimum atomic E-state index is -0.597. The molecule has 1 saturated heterocycles.